The molecule has 2 heterocycles. The van der Waals surface area contributed by atoms with Gasteiger partial charge in [0.05, 0.1) is 23.8 Å². The molecule has 1 aliphatic heterocycles. The third-order valence-electron chi connectivity index (χ3n) is 3.03. The van der Waals surface area contributed by atoms with Gasteiger partial charge < -0.3 is 10.1 Å². The summed E-state index contributed by atoms with van der Waals surface area (Å²) in [6, 6.07) is 1.69. The molecule has 1 fully saturated rings. The Balaban J connectivity index is 1.86. The van der Waals surface area contributed by atoms with Crippen molar-refractivity contribution in [1.82, 2.24) is 15.2 Å². The van der Waals surface area contributed by atoms with Crippen LogP contribution in [0.2, 0.25) is 5.02 Å². The van der Waals surface area contributed by atoms with Crippen molar-refractivity contribution in [3.63, 3.8) is 0 Å². The van der Waals surface area contributed by atoms with E-state index in [1.54, 1.807) is 12.3 Å². The Morgan fingerprint density at radius 3 is 3.00 bits per heavy atom. The highest BCUT2D eigenvalue weighted by Crippen LogP contribution is 2.13. The quantitative estimate of drug-likeness (QED) is 0.902. The molecule has 0 spiro atoms. The van der Waals surface area contributed by atoms with Gasteiger partial charge in [-0.2, -0.15) is 0 Å². The highest BCUT2D eigenvalue weighted by molar-refractivity contribution is 6.33. The first kappa shape index (κ1) is 14.2. The average Bonchev–Trinajstić information content (AvgIpc) is 2.40. The number of pyridine rings is 1. The second kappa shape index (κ2) is 6.84. The second-order valence-corrected chi connectivity index (χ2v) is 5.05. The summed E-state index contributed by atoms with van der Waals surface area (Å²) in [5.74, 6) is -0.159. The molecular formula is C13H18ClN3O2. The largest absolute Gasteiger partial charge is 0.379 e. The normalized spacial score (nSPS) is 18.0. The molecule has 1 N–H and O–H groups in total. The van der Waals surface area contributed by atoms with E-state index in [4.69, 9.17) is 16.3 Å². The molecule has 2 rings (SSSR count). The second-order valence-electron chi connectivity index (χ2n) is 4.64. The molecule has 0 bridgehead atoms. The van der Waals surface area contributed by atoms with E-state index in [0.717, 1.165) is 32.8 Å². The van der Waals surface area contributed by atoms with E-state index in [2.05, 4.69) is 15.2 Å². The topological polar surface area (TPSA) is 54.5 Å². The summed E-state index contributed by atoms with van der Waals surface area (Å²) in [6.45, 7) is 6.15. The smallest absolute Gasteiger partial charge is 0.253 e. The van der Waals surface area contributed by atoms with Crippen LogP contribution in [0.15, 0.2) is 18.5 Å². The van der Waals surface area contributed by atoms with Crippen LogP contribution in [0.1, 0.15) is 17.3 Å². The average molecular weight is 284 g/mol. The number of nitrogens with zero attached hydrogens (tertiary/aromatic N) is 2. The zero-order chi connectivity index (χ0) is 13.7. The van der Waals surface area contributed by atoms with Gasteiger partial charge in [-0.05, 0) is 13.0 Å². The van der Waals surface area contributed by atoms with E-state index < -0.39 is 0 Å². The Kier molecular flexibility index (Phi) is 5.13. The maximum absolute atomic E-state index is 12.1. The molecule has 0 saturated carbocycles. The molecule has 1 amide bonds. The number of hydrogen-bond acceptors (Lipinski definition) is 4. The van der Waals surface area contributed by atoms with Crippen LogP contribution in [-0.4, -0.2) is 54.7 Å². The number of halogens is 1. The zero-order valence-electron chi connectivity index (χ0n) is 10.9. The maximum atomic E-state index is 12.1. The summed E-state index contributed by atoms with van der Waals surface area (Å²) in [5.41, 5.74) is 0.463. The molecule has 1 saturated heterocycles. The van der Waals surface area contributed by atoms with E-state index in [1.165, 1.54) is 6.20 Å². The molecule has 19 heavy (non-hydrogen) atoms. The van der Waals surface area contributed by atoms with Crippen LogP contribution >= 0.6 is 11.6 Å². The van der Waals surface area contributed by atoms with Crippen molar-refractivity contribution in [1.29, 1.82) is 0 Å². The molecule has 104 valence electrons. The number of ether oxygens (including phenoxy) is 1. The Labute approximate surface area is 117 Å². The molecule has 1 aliphatic rings. The summed E-state index contributed by atoms with van der Waals surface area (Å²) in [6.07, 6.45) is 3.04. The Hall–Kier alpha value is -1.17. The summed E-state index contributed by atoms with van der Waals surface area (Å²) in [4.78, 5) is 18.2. The number of amides is 1. The zero-order valence-corrected chi connectivity index (χ0v) is 11.7. The summed E-state index contributed by atoms with van der Waals surface area (Å²) in [7, 11) is 0. The van der Waals surface area contributed by atoms with Gasteiger partial charge in [0.2, 0.25) is 0 Å². The predicted octanol–water partition coefficient (Wildman–Crippen LogP) is 1.19. The van der Waals surface area contributed by atoms with Crippen LogP contribution in [0.5, 0.6) is 0 Å². The lowest BCUT2D eigenvalue weighted by Gasteiger charge is -2.29. The van der Waals surface area contributed by atoms with Gasteiger partial charge in [0.25, 0.3) is 5.91 Å². The first-order valence-corrected chi connectivity index (χ1v) is 6.75. The molecule has 1 aromatic heterocycles. The van der Waals surface area contributed by atoms with Crippen LogP contribution in [-0.2, 0) is 4.74 Å². The standard InChI is InChI=1S/C13H18ClN3O2/c1-10(9-17-4-6-19-7-5-17)16-13(18)11-2-3-15-8-12(11)14/h2-3,8,10H,4-7,9H2,1H3,(H,16,18). The number of morpholine rings is 1. The highest BCUT2D eigenvalue weighted by Gasteiger charge is 2.17. The van der Waals surface area contributed by atoms with E-state index in [-0.39, 0.29) is 11.9 Å². The molecule has 5 nitrogen and oxygen atoms in total. The summed E-state index contributed by atoms with van der Waals surface area (Å²) in [5, 5.41) is 3.32. The Morgan fingerprint density at radius 2 is 2.32 bits per heavy atom. The Morgan fingerprint density at radius 1 is 1.58 bits per heavy atom. The molecule has 1 aromatic rings. The van der Waals surface area contributed by atoms with Crippen LogP contribution in [0.25, 0.3) is 0 Å². The monoisotopic (exact) mass is 283 g/mol. The molecule has 0 aliphatic carbocycles. The number of hydrogen-bond donors (Lipinski definition) is 1. The maximum Gasteiger partial charge on any atom is 0.253 e. The Bertz CT molecular complexity index is 436. The van der Waals surface area contributed by atoms with E-state index in [0.29, 0.717) is 10.6 Å². The number of carbonyl (C=O) groups excluding carboxylic acids is 1. The minimum atomic E-state index is -0.159. The van der Waals surface area contributed by atoms with Gasteiger partial charge in [-0.15, -0.1) is 0 Å². The van der Waals surface area contributed by atoms with Crippen LogP contribution in [0, 0.1) is 0 Å². The lowest BCUT2D eigenvalue weighted by Crippen LogP contribution is -2.46. The van der Waals surface area contributed by atoms with Crippen molar-refractivity contribution in [2.75, 3.05) is 32.8 Å². The molecule has 6 heteroatoms. The van der Waals surface area contributed by atoms with Crippen LogP contribution < -0.4 is 5.32 Å². The first-order valence-electron chi connectivity index (χ1n) is 6.37. The van der Waals surface area contributed by atoms with Crippen molar-refractivity contribution >= 4 is 17.5 Å². The molecule has 1 atom stereocenters. The third kappa shape index (κ3) is 4.16. The summed E-state index contributed by atoms with van der Waals surface area (Å²) >= 11 is 5.94. The fourth-order valence-electron chi connectivity index (χ4n) is 2.08. The van der Waals surface area contributed by atoms with Crippen molar-refractivity contribution in [3.8, 4) is 0 Å². The lowest BCUT2D eigenvalue weighted by atomic mass is 10.2. The molecule has 0 radical (unpaired) electrons. The van der Waals surface area contributed by atoms with E-state index >= 15 is 0 Å². The highest BCUT2D eigenvalue weighted by atomic mass is 35.5. The minimum Gasteiger partial charge on any atom is -0.379 e. The van der Waals surface area contributed by atoms with Crippen LogP contribution in [0.4, 0.5) is 0 Å². The van der Waals surface area contributed by atoms with Gasteiger partial charge in [-0.25, -0.2) is 0 Å². The fraction of sp³-hybridized carbons (Fsp3) is 0.538. The summed E-state index contributed by atoms with van der Waals surface area (Å²) < 4.78 is 5.29. The van der Waals surface area contributed by atoms with Crippen molar-refractivity contribution in [3.05, 3.63) is 29.0 Å². The SMILES string of the molecule is CC(CN1CCOCC1)NC(=O)c1ccncc1Cl. The van der Waals surface area contributed by atoms with Crippen molar-refractivity contribution in [2.24, 2.45) is 0 Å². The number of aromatic nitrogens is 1. The molecule has 0 aromatic carbocycles. The predicted molar refractivity (Wildman–Crippen MR) is 73.4 cm³/mol. The van der Waals surface area contributed by atoms with Gasteiger partial charge in [0, 0.05) is 38.1 Å². The number of rotatable bonds is 4. The van der Waals surface area contributed by atoms with Crippen LogP contribution in [0.3, 0.4) is 0 Å². The lowest BCUT2D eigenvalue weighted by molar-refractivity contribution is 0.0342. The van der Waals surface area contributed by atoms with Gasteiger partial charge >= 0.3 is 0 Å². The number of nitrogens with one attached hydrogen (secondary N) is 1. The molecular weight excluding hydrogens is 266 g/mol. The van der Waals surface area contributed by atoms with E-state index in [9.17, 15) is 4.79 Å². The third-order valence-corrected chi connectivity index (χ3v) is 3.33. The van der Waals surface area contributed by atoms with Gasteiger partial charge in [-0.3, -0.25) is 14.7 Å². The molecule has 1 unspecified atom stereocenters. The van der Waals surface area contributed by atoms with Gasteiger partial charge in [0.15, 0.2) is 0 Å². The van der Waals surface area contributed by atoms with Gasteiger partial charge in [-0.1, -0.05) is 11.6 Å². The van der Waals surface area contributed by atoms with E-state index in [1.807, 2.05) is 6.92 Å². The van der Waals surface area contributed by atoms with Gasteiger partial charge in [0.1, 0.15) is 0 Å². The first-order chi connectivity index (χ1) is 9.16. The van der Waals surface area contributed by atoms with Crippen molar-refractivity contribution in [2.45, 2.75) is 13.0 Å². The van der Waals surface area contributed by atoms with Crippen molar-refractivity contribution < 1.29 is 9.53 Å². The minimum absolute atomic E-state index is 0.0647. The fourth-order valence-corrected chi connectivity index (χ4v) is 2.28. The number of carbonyl (C=O) groups is 1.